The number of nitrogens with one attached hydrogen (secondary N) is 1. The molecule has 0 radical (unpaired) electrons. The quantitative estimate of drug-likeness (QED) is 0.634. The number of hydrazine groups is 1. The summed E-state index contributed by atoms with van der Waals surface area (Å²) in [5, 5.41) is 0. The second-order valence-electron chi connectivity index (χ2n) is 3.78. The lowest BCUT2D eigenvalue weighted by Crippen LogP contribution is -2.27. The first-order valence-electron chi connectivity index (χ1n) is 5.48. The van der Waals surface area contributed by atoms with Crippen LogP contribution in [0.2, 0.25) is 0 Å². The van der Waals surface area contributed by atoms with Gasteiger partial charge < -0.3 is 10.3 Å². The van der Waals surface area contributed by atoms with E-state index in [1.165, 1.54) is 6.20 Å². The molecule has 1 aromatic carbocycles. The third-order valence-corrected chi connectivity index (χ3v) is 2.60. The summed E-state index contributed by atoms with van der Waals surface area (Å²) in [5.74, 6) is 5.08. The maximum atomic E-state index is 12.2. The van der Waals surface area contributed by atoms with Gasteiger partial charge in [-0.25, -0.2) is 4.98 Å². The van der Waals surface area contributed by atoms with E-state index in [2.05, 4.69) is 10.4 Å². The molecule has 0 saturated carbocycles. The number of nitrogen functional groups attached to an aromatic ring is 1. The highest BCUT2D eigenvalue weighted by atomic mass is 16.2. The van der Waals surface area contributed by atoms with E-state index >= 15 is 0 Å². The second-order valence-corrected chi connectivity index (χ2v) is 3.78. The molecule has 92 valence electrons. The summed E-state index contributed by atoms with van der Waals surface area (Å²) in [6.45, 7) is 0. The van der Waals surface area contributed by atoms with Gasteiger partial charge in [0.15, 0.2) is 0 Å². The normalized spacial score (nSPS) is 9.89. The molecule has 0 aliphatic heterocycles. The van der Waals surface area contributed by atoms with Crippen molar-refractivity contribution in [3.05, 3.63) is 54.4 Å². The molecule has 0 aliphatic carbocycles. The molecule has 1 heterocycles. The largest absolute Gasteiger partial charge is 0.323 e. The summed E-state index contributed by atoms with van der Waals surface area (Å²) in [7, 11) is 1.72. The molecule has 0 fully saturated rings. The summed E-state index contributed by atoms with van der Waals surface area (Å²) < 4.78 is 0. The van der Waals surface area contributed by atoms with Crippen LogP contribution in [0.25, 0.3) is 0 Å². The Morgan fingerprint density at radius 2 is 1.94 bits per heavy atom. The number of carbonyl (C=O) groups excluding carboxylic acids is 1. The summed E-state index contributed by atoms with van der Waals surface area (Å²) in [4.78, 5) is 17.8. The first-order valence-corrected chi connectivity index (χ1v) is 5.48. The van der Waals surface area contributed by atoms with Crippen LogP contribution in [0.4, 0.5) is 11.4 Å². The minimum atomic E-state index is -0.162. The van der Waals surface area contributed by atoms with E-state index in [0.717, 1.165) is 5.69 Å². The number of aromatic nitrogens is 1. The Labute approximate surface area is 105 Å². The predicted molar refractivity (Wildman–Crippen MR) is 71.2 cm³/mol. The number of hydrogen-bond acceptors (Lipinski definition) is 4. The fourth-order valence-electron chi connectivity index (χ4n) is 1.55. The molecule has 0 aliphatic rings. The Bertz CT molecular complexity index is 524. The molecule has 0 unspecified atom stereocenters. The molecule has 2 aromatic rings. The summed E-state index contributed by atoms with van der Waals surface area (Å²) in [6.07, 6.45) is 1.52. The van der Waals surface area contributed by atoms with E-state index in [9.17, 15) is 4.79 Å². The molecule has 0 spiro atoms. The van der Waals surface area contributed by atoms with Crippen LogP contribution < -0.4 is 16.2 Å². The number of benzene rings is 1. The molecule has 0 saturated heterocycles. The van der Waals surface area contributed by atoms with Gasteiger partial charge in [-0.05, 0) is 24.3 Å². The lowest BCUT2D eigenvalue weighted by atomic mass is 10.2. The zero-order chi connectivity index (χ0) is 13.0. The van der Waals surface area contributed by atoms with Crippen LogP contribution in [0.1, 0.15) is 10.5 Å². The lowest BCUT2D eigenvalue weighted by molar-refractivity contribution is 0.0988. The number of rotatable bonds is 3. The van der Waals surface area contributed by atoms with Crippen molar-refractivity contribution in [3.8, 4) is 0 Å². The highest BCUT2D eigenvalue weighted by Gasteiger charge is 2.14. The number of nitrogens with zero attached hydrogens (tertiary/aromatic N) is 2. The fourth-order valence-corrected chi connectivity index (χ4v) is 1.55. The topological polar surface area (TPSA) is 71.2 Å². The first kappa shape index (κ1) is 12.1. The molecule has 5 heteroatoms. The van der Waals surface area contributed by atoms with Gasteiger partial charge in [-0.3, -0.25) is 10.6 Å². The van der Waals surface area contributed by atoms with Crippen molar-refractivity contribution in [2.75, 3.05) is 17.4 Å². The molecular formula is C13H14N4O. The Balaban J connectivity index is 2.20. The third-order valence-electron chi connectivity index (χ3n) is 2.60. The van der Waals surface area contributed by atoms with Crippen LogP contribution in [0, 0.1) is 0 Å². The van der Waals surface area contributed by atoms with Crippen molar-refractivity contribution >= 4 is 17.3 Å². The van der Waals surface area contributed by atoms with E-state index in [1.54, 1.807) is 24.1 Å². The molecular weight excluding hydrogens is 228 g/mol. The second kappa shape index (κ2) is 5.29. The molecule has 1 aromatic heterocycles. The number of anilines is 2. The van der Waals surface area contributed by atoms with E-state index < -0.39 is 0 Å². The molecule has 5 nitrogen and oxygen atoms in total. The molecule has 1 amide bonds. The van der Waals surface area contributed by atoms with Crippen LogP contribution in [0.5, 0.6) is 0 Å². The molecule has 18 heavy (non-hydrogen) atoms. The van der Waals surface area contributed by atoms with Gasteiger partial charge in [0.05, 0.1) is 11.9 Å². The smallest absolute Gasteiger partial charge is 0.276 e. The number of nitrogens with two attached hydrogens (primary N) is 1. The Morgan fingerprint density at radius 3 is 2.50 bits per heavy atom. The molecule has 0 bridgehead atoms. The van der Waals surface area contributed by atoms with E-state index in [4.69, 9.17) is 5.84 Å². The van der Waals surface area contributed by atoms with Gasteiger partial charge in [0.25, 0.3) is 5.91 Å². The van der Waals surface area contributed by atoms with Crippen molar-refractivity contribution < 1.29 is 4.79 Å². The minimum Gasteiger partial charge on any atom is -0.323 e. The molecule has 3 N–H and O–H groups in total. The highest BCUT2D eigenvalue weighted by molar-refractivity contribution is 6.04. The van der Waals surface area contributed by atoms with Crippen LogP contribution in [0.3, 0.4) is 0 Å². The van der Waals surface area contributed by atoms with Crippen LogP contribution in [-0.2, 0) is 0 Å². The van der Waals surface area contributed by atoms with Gasteiger partial charge in [0.1, 0.15) is 5.69 Å². The zero-order valence-electron chi connectivity index (χ0n) is 10.00. The third kappa shape index (κ3) is 2.46. The maximum Gasteiger partial charge on any atom is 0.276 e. The number of pyridine rings is 1. The molecule has 0 atom stereocenters. The van der Waals surface area contributed by atoms with Crippen molar-refractivity contribution in [2.45, 2.75) is 0 Å². The van der Waals surface area contributed by atoms with Crippen molar-refractivity contribution in [2.24, 2.45) is 5.84 Å². The Kier molecular flexibility index (Phi) is 3.54. The average Bonchev–Trinajstić information content (AvgIpc) is 2.47. The standard InChI is InChI=1S/C13H14N4O/c1-17(11-5-3-2-4-6-11)13(18)12-8-7-10(16-14)9-15-12/h2-9,16H,14H2,1H3. The predicted octanol–water partition coefficient (Wildman–Crippen LogP) is 1.64. The Hall–Kier alpha value is -2.40. The summed E-state index contributed by atoms with van der Waals surface area (Å²) in [5.41, 5.74) is 4.33. The van der Waals surface area contributed by atoms with Crippen molar-refractivity contribution in [1.82, 2.24) is 4.98 Å². The van der Waals surface area contributed by atoms with Gasteiger partial charge in [-0.15, -0.1) is 0 Å². The van der Waals surface area contributed by atoms with Crippen molar-refractivity contribution in [1.29, 1.82) is 0 Å². The number of hydrogen-bond donors (Lipinski definition) is 2. The number of carbonyl (C=O) groups is 1. The van der Waals surface area contributed by atoms with Crippen LogP contribution in [0.15, 0.2) is 48.7 Å². The minimum absolute atomic E-state index is 0.162. The maximum absolute atomic E-state index is 12.2. The summed E-state index contributed by atoms with van der Waals surface area (Å²) >= 11 is 0. The summed E-state index contributed by atoms with van der Waals surface area (Å²) in [6, 6.07) is 12.8. The first-order chi connectivity index (χ1) is 8.72. The Morgan fingerprint density at radius 1 is 1.22 bits per heavy atom. The van der Waals surface area contributed by atoms with E-state index in [1.807, 2.05) is 30.3 Å². The number of amides is 1. The lowest BCUT2D eigenvalue weighted by Gasteiger charge is -2.16. The van der Waals surface area contributed by atoms with Gasteiger partial charge in [-0.2, -0.15) is 0 Å². The van der Waals surface area contributed by atoms with Crippen molar-refractivity contribution in [3.63, 3.8) is 0 Å². The highest BCUT2D eigenvalue weighted by Crippen LogP contribution is 2.14. The van der Waals surface area contributed by atoms with Gasteiger partial charge in [0, 0.05) is 12.7 Å². The average molecular weight is 242 g/mol. The van der Waals surface area contributed by atoms with Gasteiger partial charge in [-0.1, -0.05) is 18.2 Å². The SMILES string of the molecule is CN(C(=O)c1ccc(NN)cn1)c1ccccc1. The fraction of sp³-hybridized carbons (Fsp3) is 0.0769. The van der Waals surface area contributed by atoms with Crippen LogP contribution in [-0.4, -0.2) is 17.9 Å². The number of para-hydroxylation sites is 1. The monoisotopic (exact) mass is 242 g/mol. The van der Waals surface area contributed by atoms with E-state index in [-0.39, 0.29) is 5.91 Å². The molecule has 2 rings (SSSR count). The van der Waals surface area contributed by atoms with E-state index in [0.29, 0.717) is 11.4 Å². The van der Waals surface area contributed by atoms with Crippen LogP contribution >= 0.6 is 0 Å². The van der Waals surface area contributed by atoms with Gasteiger partial charge in [0.2, 0.25) is 0 Å². The van der Waals surface area contributed by atoms with Gasteiger partial charge >= 0.3 is 0 Å². The zero-order valence-corrected chi connectivity index (χ0v) is 10.00.